The van der Waals surface area contributed by atoms with Gasteiger partial charge in [0.05, 0.1) is 27.7 Å². The van der Waals surface area contributed by atoms with E-state index in [1.807, 2.05) is 21.1 Å². The maximum atomic E-state index is 12.8. The molecular formula is C72H127NO8P+. The van der Waals surface area contributed by atoms with Gasteiger partial charge in [-0.05, 0) is 96.3 Å². The molecule has 0 aromatic rings. The summed E-state index contributed by atoms with van der Waals surface area (Å²) in [7, 11) is 1.47. The predicted octanol–water partition coefficient (Wildman–Crippen LogP) is 21.7. The number of allylic oxidation sites excluding steroid dienone is 18. The Balaban J connectivity index is 4.03. The average Bonchev–Trinajstić information content (AvgIpc) is 3.46. The third-order valence-corrected chi connectivity index (χ3v) is 15.3. The van der Waals surface area contributed by atoms with Gasteiger partial charge in [-0.3, -0.25) is 18.6 Å². The molecule has 9 nitrogen and oxygen atoms in total. The highest BCUT2D eigenvalue weighted by atomic mass is 31.2. The molecular weight excluding hydrogens is 1040 g/mol. The van der Waals surface area contributed by atoms with Crippen molar-refractivity contribution in [2.75, 3.05) is 47.5 Å². The molecule has 0 aliphatic heterocycles. The van der Waals surface area contributed by atoms with Crippen LogP contribution in [0.1, 0.15) is 284 Å². The number of phosphoric acid groups is 1. The van der Waals surface area contributed by atoms with E-state index in [1.165, 1.54) is 148 Å². The first-order valence-corrected chi connectivity index (χ1v) is 35.1. The number of rotatable bonds is 61. The molecule has 2 atom stereocenters. The molecule has 0 heterocycles. The van der Waals surface area contributed by atoms with Gasteiger partial charge in [0.15, 0.2) is 6.10 Å². The summed E-state index contributed by atoms with van der Waals surface area (Å²) < 4.78 is 34.7. The van der Waals surface area contributed by atoms with Crippen molar-refractivity contribution in [1.82, 2.24) is 0 Å². The van der Waals surface area contributed by atoms with E-state index in [-0.39, 0.29) is 32.0 Å². The third-order valence-electron chi connectivity index (χ3n) is 14.3. The summed E-state index contributed by atoms with van der Waals surface area (Å²) in [5, 5.41) is 0. The number of quaternary nitrogens is 1. The second kappa shape index (κ2) is 62.2. The van der Waals surface area contributed by atoms with Crippen LogP contribution in [0.5, 0.6) is 0 Å². The first-order valence-electron chi connectivity index (χ1n) is 33.6. The molecule has 1 N–H and O–H groups in total. The molecule has 0 saturated heterocycles. The van der Waals surface area contributed by atoms with Crippen molar-refractivity contribution in [1.29, 1.82) is 0 Å². The van der Waals surface area contributed by atoms with Crippen LogP contribution < -0.4 is 0 Å². The van der Waals surface area contributed by atoms with E-state index in [0.29, 0.717) is 17.4 Å². The number of ether oxygens (including phenoxy) is 2. The minimum atomic E-state index is -4.40. The van der Waals surface area contributed by atoms with E-state index in [0.717, 1.165) is 103 Å². The molecule has 0 fully saturated rings. The second-order valence-electron chi connectivity index (χ2n) is 23.4. The fourth-order valence-electron chi connectivity index (χ4n) is 9.21. The number of nitrogens with zero attached hydrogens (tertiary/aromatic N) is 1. The summed E-state index contributed by atoms with van der Waals surface area (Å²) in [6.07, 6.45) is 87.6. The topological polar surface area (TPSA) is 108 Å². The van der Waals surface area contributed by atoms with Crippen molar-refractivity contribution in [2.24, 2.45) is 0 Å². The fourth-order valence-corrected chi connectivity index (χ4v) is 9.95. The van der Waals surface area contributed by atoms with E-state index in [4.69, 9.17) is 18.5 Å². The Morgan fingerprint density at radius 1 is 0.378 bits per heavy atom. The van der Waals surface area contributed by atoms with Crippen LogP contribution in [0.4, 0.5) is 0 Å². The lowest BCUT2D eigenvalue weighted by molar-refractivity contribution is -0.870. The average molecular weight is 1170 g/mol. The first-order chi connectivity index (χ1) is 40.0. The monoisotopic (exact) mass is 1160 g/mol. The van der Waals surface area contributed by atoms with Gasteiger partial charge in [0.25, 0.3) is 0 Å². The Labute approximate surface area is 506 Å². The summed E-state index contributed by atoms with van der Waals surface area (Å²) in [6, 6.07) is 0. The highest BCUT2D eigenvalue weighted by Gasteiger charge is 2.27. The number of phosphoric ester groups is 1. The molecule has 0 spiro atoms. The molecule has 10 heteroatoms. The second-order valence-corrected chi connectivity index (χ2v) is 24.9. The van der Waals surface area contributed by atoms with Gasteiger partial charge < -0.3 is 18.9 Å². The predicted molar refractivity (Wildman–Crippen MR) is 353 cm³/mol. The minimum absolute atomic E-state index is 0.0259. The zero-order valence-corrected chi connectivity index (χ0v) is 54.6. The zero-order valence-electron chi connectivity index (χ0n) is 53.7. The van der Waals surface area contributed by atoms with Gasteiger partial charge in [-0.1, -0.05) is 284 Å². The van der Waals surface area contributed by atoms with Gasteiger partial charge in [0.2, 0.25) is 0 Å². The zero-order chi connectivity index (χ0) is 59.8. The SMILES string of the molecule is CC/C=C\C/C=C\C/C=C\C/C=C\C/C=C\CCCCCCCCCC(=O)OC(COC(=O)CCCCCCCCCCCCCCCCCCCCCCCC/C=C\C/C=C\C/C=C\C/C=C\CC)COP(=O)(O)OCC[N+](C)(C)C. The number of unbranched alkanes of at least 4 members (excludes halogenated alkanes) is 29. The molecule has 2 unspecified atom stereocenters. The molecule has 0 aliphatic rings. The molecule has 0 aromatic carbocycles. The smallest absolute Gasteiger partial charge is 0.462 e. The normalized spacial score (nSPS) is 13.9. The van der Waals surface area contributed by atoms with Crippen molar-refractivity contribution in [3.63, 3.8) is 0 Å². The lowest BCUT2D eigenvalue weighted by atomic mass is 10.0. The number of carbonyl (C=O) groups excluding carboxylic acids is 2. The van der Waals surface area contributed by atoms with Crippen LogP contribution in [0.3, 0.4) is 0 Å². The first kappa shape index (κ1) is 78.7. The molecule has 0 saturated carbocycles. The molecule has 0 aliphatic carbocycles. The maximum Gasteiger partial charge on any atom is 0.472 e. The van der Waals surface area contributed by atoms with Crippen LogP contribution in [-0.4, -0.2) is 74.9 Å². The van der Waals surface area contributed by atoms with Crippen molar-refractivity contribution < 1.29 is 42.1 Å². The maximum absolute atomic E-state index is 12.8. The molecule has 0 radical (unpaired) electrons. The highest BCUT2D eigenvalue weighted by Crippen LogP contribution is 2.43. The Kier molecular flexibility index (Phi) is 59.7. The fraction of sp³-hybridized carbons (Fsp3) is 0.722. The van der Waals surface area contributed by atoms with E-state index >= 15 is 0 Å². The Morgan fingerprint density at radius 2 is 0.659 bits per heavy atom. The summed E-state index contributed by atoms with van der Waals surface area (Å²) in [6.45, 7) is 4.21. The van der Waals surface area contributed by atoms with E-state index in [2.05, 4.69) is 123 Å². The molecule has 82 heavy (non-hydrogen) atoms. The van der Waals surface area contributed by atoms with Crippen molar-refractivity contribution >= 4 is 19.8 Å². The summed E-state index contributed by atoms with van der Waals surface area (Å²) in [5.41, 5.74) is 0. The number of esters is 2. The number of hydrogen-bond acceptors (Lipinski definition) is 7. The van der Waals surface area contributed by atoms with Gasteiger partial charge in [0.1, 0.15) is 19.8 Å². The molecule has 472 valence electrons. The van der Waals surface area contributed by atoms with Crippen LogP contribution in [0, 0.1) is 0 Å². The number of likely N-dealkylation sites (N-methyl/N-ethyl adjacent to an activating group) is 1. The highest BCUT2D eigenvalue weighted by molar-refractivity contribution is 7.47. The van der Waals surface area contributed by atoms with Crippen LogP contribution >= 0.6 is 7.82 Å². The standard InChI is InChI=1S/C72H126NO8P/c1-6-8-10-12-14-16-18-20-22-24-26-28-30-31-32-33-34-35-36-37-38-39-40-41-43-44-46-48-50-52-54-56-58-60-62-64-71(74)78-68-70(69-80-82(76,77)79-67-66-73(3,4)5)81-72(75)65-63-61-59-57-55-53-51-49-47-45-42-29-27-25-23-21-19-17-15-13-11-9-7-2/h8-11,14-17,20-23,26-29,45,47,70H,6-7,12-13,18-19,24-25,30-44,46,48-69H2,1-5H3/p+1/b10-8-,11-9-,16-14-,17-15-,22-20-,23-21-,28-26-,29-27-,47-45-. The lowest BCUT2D eigenvalue weighted by Gasteiger charge is -2.24. The number of carbonyl (C=O) groups is 2. The van der Waals surface area contributed by atoms with Crippen LogP contribution in [0.25, 0.3) is 0 Å². The Morgan fingerprint density at radius 3 is 0.976 bits per heavy atom. The third kappa shape index (κ3) is 65.8. The van der Waals surface area contributed by atoms with Crippen LogP contribution in [-0.2, 0) is 32.7 Å². The van der Waals surface area contributed by atoms with Crippen molar-refractivity contribution in [3.8, 4) is 0 Å². The van der Waals surface area contributed by atoms with Gasteiger partial charge >= 0.3 is 19.8 Å². The quantitative estimate of drug-likeness (QED) is 0.0211. The van der Waals surface area contributed by atoms with Gasteiger partial charge in [0, 0.05) is 12.8 Å². The van der Waals surface area contributed by atoms with Gasteiger partial charge in [-0.15, -0.1) is 0 Å². The Bertz CT molecular complexity index is 1750. The number of hydrogen-bond donors (Lipinski definition) is 1. The molecule has 0 amide bonds. The Hall–Kier alpha value is -3.33. The minimum Gasteiger partial charge on any atom is -0.462 e. The molecule has 0 rings (SSSR count). The van der Waals surface area contributed by atoms with E-state index < -0.39 is 26.5 Å². The summed E-state index contributed by atoms with van der Waals surface area (Å²) in [5.74, 6) is -0.805. The molecule has 0 bridgehead atoms. The molecule has 0 aromatic heterocycles. The van der Waals surface area contributed by atoms with E-state index in [1.54, 1.807) is 0 Å². The summed E-state index contributed by atoms with van der Waals surface area (Å²) >= 11 is 0. The van der Waals surface area contributed by atoms with Crippen LogP contribution in [0.15, 0.2) is 109 Å². The van der Waals surface area contributed by atoms with Crippen molar-refractivity contribution in [3.05, 3.63) is 109 Å². The van der Waals surface area contributed by atoms with Crippen molar-refractivity contribution in [2.45, 2.75) is 290 Å². The largest absolute Gasteiger partial charge is 0.472 e. The van der Waals surface area contributed by atoms with Gasteiger partial charge in [-0.2, -0.15) is 0 Å². The van der Waals surface area contributed by atoms with Gasteiger partial charge in [-0.25, -0.2) is 4.57 Å². The summed E-state index contributed by atoms with van der Waals surface area (Å²) in [4.78, 5) is 35.8. The van der Waals surface area contributed by atoms with Crippen LogP contribution in [0.2, 0.25) is 0 Å². The van der Waals surface area contributed by atoms with E-state index in [9.17, 15) is 19.0 Å². The lowest BCUT2D eigenvalue weighted by Crippen LogP contribution is -2.37.